The van der Waals surface area contributed by atoms with Gasteiger partial charge in [0.2, 0.25) is 0 Å². The first kappa shape index (κ1) is 19.8. The van der Waals surface area contributed by atoms with Gasteiger partial charge in [-0.3, -0.25) is 0 Å². The van der Waals surface area contributed by atoms with Crippen LogP contribution in [0.1, 0.15) is 31.2 Å². The summed E-state index contributed by atoms with van der Waals surface area (Å²) in [6, 6.07) is 16.4. The normalized spacial score (nSPS) is 19.6. The number of hydrogen-bond donors (Lipinski definition) is 0. The molecule has 0 aromatic heterocycles. The molecule has 142 valence electrons. The fourth-order valence-corrected chi connectivity index (χ4v) is 3.76. The van der Waals surface area contributed by atoms with Crippen LogP contribution >= 0.6 is 0 Å². The van der Waals surface area contributed by atoms with Crippen molar-refractivity contribution in [2.24, 2.45) is 5.41 Å². The highest BCUT2D eigenvalue weighted by molar-refractivity contribution is 6.16. The first-order valence-electron chi connectivity index (χ1n) is 8.57. The maximum Gasteiger partial charge on any atom is 0.403 e. The van der Waals surface area contributed by atoms with Crippen molar-refractivity contribution in [2.75, 3.05) is 0 Å². The Balaban J connectivity index is 1.83. The third-order valence-electron chi connectivity index (χ3n) is 5.65. The summed E-state index contributed by atoms with van der Waals surface area (Å²) in [7, 11) is 6.24. The van der Waals surface area contributed by atoms with Crippen LogP contribution in [0.2, 0.25) is 0 Å². The Kier molecular flexibility index (Phi) is 4.85. The van der Waals surface area contributed by atoms with Crippen LogP contribution in [0.5, 0.6) is 0 Å². The standard InChI is InChI=1S/C20H17BF6/c21-17(10-12-18(13-11-17,19(22,23)24)20(25,26)27)16-8-6-15(7-9-16)14-4-2-1-3-5-14/h1-9H,10-13H2. The molecule has 7 heteroatoms. The number of halogens is 6. The topological polar surface area (TPSA) is 0 Å². The molecule has 1 saturated carbocycles. The molecule has 27 heavy (non-hydrogen) atoms. The van der Waals surface area contributed by atoms with Gasteiger partial charge >= 0.3 is 12.4 Å². The Labute approximate surface area is 155 Å². The van der Waals surface area contributed by atoms with E-state index in [1.54, 1.807) is 24.3 Å². The van der Waals surface area contributed by atoms with E-state index >= 15 is 0 Å². The van der Waals surface area contributed by atoms with E-state index in [9.17, 15) is 26.3 Å². The van der Waals surface area contributed by atoms with E-state index in [-0.39, 0.29) is 12.8 Å². The Morgan fingerprint density at radius 1 is 0.630 bits per heavy atom. The lowest BCUT2D eigenvalue weighted by molar-refractivity contribution is -0.351. The van der Waals surface area contributed by atoms with Gasteiger partial charge in [-0.25, -0.2) is 0 Å². The summed E-state index contributed by atoms with van der Waals surface area (Å²) in [5.74, 6) is 0. The Bertz CT molecular complexity index is 753. The SMILES string of the molecule is [B]C1(c2ccc(-c3ccccc3)cc2)CCC(C(F)(F)F)(C(F)(F)F)CC1. The molecule has 0 saturated heterocycles. The van der Waals surface area contributed by atoms with E-state index in [1.165, 1.54) is 0 Å². The van der Waals surface area contributed by atoms with Crippen LogP contribution in [0.3, 0.4) is 0 Å². The van der Waals surface area contributed by atoms with Crippen molar-refractivity contribution in [2.45, 2.75) is 43.4 Å². The maximum atomic E-state index is 13.2. The van der Waals surface area contributed by atoms with Gasteiger partial charge in [0, 0.05) is 0 Å². The molecule has 0 unspecified atom stereocenters. The zero-order chi connectivity index (χ0) is 19.9. The molecule has 0 spiro atoms. The molecule has 0 atom stereocenters. The zero-order valence-electron chi connectivity index (χ0n) is 14.4. The van der Waals surface area contributed by atoms with Gasteiger partial charge < -0.3 is 0 Å². The van der Waals surface area contributed by atoms with Crippen molar-refractivity contribution in [3.05, 3.63) is 60.2 Å². The van der Waals surface area contributed by atoms with Crippen molar-refractivity contribution in [1.29, 1.82) is 0 Å². The largest absolute Gasteiger partial charge is 0.403 e. The number of alkyl halides is 6. The number of benzene rings is 2. The fraction of sp³-hybridized carbons (Fsp3) is 0.400. The summed E-state index contributed by atoms with van der Waals surface area (Å²) in [4.78, 5) is 0. The van der Waals surface area contributed by atoms with Gasteiger partial charge in [0.15, 0.2) is 5.41 Å². The predicted octanol–water partition coefficient (Wildman–Crippen LogP) is 6.40. The summed E-state index contributed by atoms with van der Waals surface area (Å²) in [5, 5.41) is -1.20. The van der Waals surface area contributed by atoms with Crippen LogP contribution in [0.25, 0.3) is 11.1 Å². The molecule has 1 fully saturated rings. The van der Waals surface area contributed by atoms with Crippen molar-refractivity contribution < 1.29 is 26.3 Å². The molecular formula is C20H17BF6. The smallest absolute Gasteiger partial charge is 0.170 e. The average Bonchev–Trinajstić information content (AvgIpc) is 2.61. The molecule has 0 amide bonds. The quantitative estimate of drug-likeness (QED) is 0.416. The van der Waals surface area contributed by atoms with Crippen LogP contribution in [-0.4, -0.2) is 20.2 Å². The molecule has 0 heterocycles. The second-order valence-electron chi connectivity index (χ2n) is 7.18. The minimum atomic E-state index is -5.34. The second-order valence-corrected chi connectivity index (χ2v) is 7.18. The number of hydrogen-bond acceptors (Lipinski definition) is 0. The highest BCUT2D eigenvalue weighted by Gasteiger charge is 2.71. The van der Waals surface area contributed by atoms with E-state index in [0.717, 1.165) is 11.1 Å². The first-order valence-corrected chi connectivity index (χ1v) is 8.57. The van der Waals surface area contributed by atoms with E-state index in [1.807, 2.05) is 30.3 Å². The third-order valence-corrected chi connectivity index (χ3v) is 5.65. The van der Waals surface area contributed by atoms with Gasteiger partial charge in [0.05, 0.1) is 7.85 Å². The van der Waals surface area contributed by atoms with Gasteiger partial charge in [-0.05, 0) is 29.3 Å². The minimum absolute atomic E-state index is 0.378. The number of rotatable bonds is 2. The Morgan fingerprint density at radius 3 is 1.52 bits per heavy atom. The summed E-state index contributed by atoms with van der Waals surface area (Å²) < 4.78 is 79.4. The van der Waals surface area contributed by atoms with Crippen molar-refractivity contribution in [3.63, 3.8) is 0 Å². The molecule has 2 aromatic carbocycles. The lowest BCUT2D eigenvalue weighted by atomic mass is 9.52. The van der Waals surface area contributed by atoms with Crippen LogP contribution in [0.15, 0.2) is 54.6 Å². The van der Waals surface area contributed by atoms with E-state index in [2.05, 4.69) is 0 Å². The molecule has 0 nitrogen and oxygen atoms in total. The lowest BCUT2D eigenvalue weighted by Gasteiger charge is -2.46. The molecule has 0 bridgehead atoms. The molecule has 0 N–H and O–H groups in total. The average molecular weight is 382 g/mol. The van der Waals surface area contributed by atoms with E-state index in [4.69, 9.17) is 7.85 Å². The fourth-order valence-electron chi connectivity index (χ4n) is 3.76. The van der Waals surface area contributed by atoms with Crippen molar-refractivity contribution in [1.82, 2.24) is 0 Å². The molecular weight excluding hydrogens is 365 g/mol. The Morgan fingerprint density at radius 2 is 1.07 bits per heavy atom. The molecule has 1 aliphatic carbocycles. The Hall–Kier alpha value is -1.92. The van der Waals surface area contributed by atoms with Crippen molar-refractivity contribution in [3.8, 4) is 11.1 Å². The zero-order valence-corrected chi connectivity index (χ0v) is 14.4. The molecule has 3 rings (SSSR count). The van der Waals surface area contributed by atoms with Crippen LogP contribution in [0, 0.1) is 5.41 Å². The highest BCUT2D eigenvalue weighted by atomic mass is 19.4. The van der Waals surface area contributed by atoms with Crippen LogP contribution in [0.4, 0.5) is 26.3 Å². The van der Waals surface area contributed by atoms with Crippen LogP contribution in [-0.2, 0) is 5.31 Å². The van der Waals surface area contributed by atoms with Crippen molar-refractivity contribution >= 4 is 7.85 Å². The van der Waals surface area contributed by atoms with Crippen LogP contribution < -0.4 is 0 Å². The van der Waals surface area contributed by atoms with Gasteiger partial charge in [0.25, 0.3) is 0 Å². The lowest BCUT2D eigenvalue weighted by Crippen LogP contribution is -2.54. The minimum Gasteiger partial charge on any atom is -0.170 e. The summed E-state index contributed by atoms with van der Waals surface area (Å²) in [6.07, 6.45) is -13.6. The first-order chi connectivity index (χ1) is 12.5. The van der Waals surface area contributed by atoms with Gasteiger partial charge in [0.1, 0.15) is 0 Å². The summed E-state index contributed by atoms with van der Waals surface area (Å²) in [6.45, 7) is 0. The second kappa shape index (κ2) is 6.60. The molecule has 2 radical (unpaired) electrons. The van der Waals surface area contributed by atoms with E-state index < -0.39 is 35.9 Å². The van der Waals surface area contributed by atoms with Gasteiger partial charge in [-0.15, -0.1) is 0 Å². The molecule has 0 aliphatic heterocycles. The molecule has 2 aromatic rings. The van der Waals surface area contributed by atoms with Gasteiger partial charge in [-0.1, -0.05) is 73.0 Å². The summed E-state index contributed by atoms with van der Waals surface area (Å²) in [5.41, 5.74) is -1.25. The van der Waals surface area contributed by atoms with Gasteiger partial charge in [-0.2, -0.15) is 26.3 Å². The summed E-state index contributed by atoms with van der Waals surface area (Å²) >= 11 is 0. The van der Waals surface area contributed by atoms with E-state index in [0.29, 0.717) is 5.56 Å². The highest BCUT2D eigenvalue weighted by Crippen LogP contribution is 2.60. The predicted molar refractivity (Wildman–Crippen MR) is 92.3 cm³/mol. The molecule has 1 aliphatic rings. The third kappa shape index (κ3) is 3.48. The monoisotopic (exact) mass is 382 g/mol. The maximum absolute atomic E-state index is 13.2.